The zero-order valence-corrected chi connectivity index (χ0v) is 13.7. The summed E-state index contributed by atoms with van der Waals surface area (Å²) in [6, 6.07) is 14.9. The molecule has 0 unspecified atom stereocenters. The Morgan fingerprint density at radius 3 is 2.48 bits per heavy atom. The Hall–Kier alpha value is -2.60. The van der Waals surface area contributed by atoms with Crippen molar-refractivity contribution in [1.82, 2.24) is 5.43 Å². The Balaban J connectivity index is 1.88. The highest BCUT2D eigenvalue weighted by Gasteiger charge is 2.12. The number of aryl methyl sites for hydroxylation is 1. The fraction of sp³-hybridized carbons (Fsp3) is 0.118. The van der Waals surface area contributed by atoms with Crippen LogP contribution in [-0.2, 0) is 9.59 Å². The summed E-state index contributed by atoms with van der Waals surface area (Å²) in [6.07, 6.45) is 3.48. The molecule has 2 N–H and O–H groups in total. The number of amides is 2. The van der Waals surface area contributed by atoms with Gasteiger partial charge in [-0.1, -0.05) is 24.3 Å². The lowest BCUT2D eigenvalue weighted by atomic mass is 10.2. The summed E-state index contributed by atoms with van der Waals surface area (Å²) in [6.45, 7) is 1.91. The molecule has 0 saturated heterocycles. The molecule has 0 fully saturated rings. The molecule has 0 aliphatic rings. The minimum Gasteiger partial charge on any atom is -0.318 e. The summed E-state index contributed by atoms with van der Waals surface area (Å²) in [5.74, 6) is -1.58. The average Bonchev–Trinajstić information content (AvgIpc) is 2.55. The number of carbonyl (C=O) groups excluding carboxylic acids is 2. The zero-order chi connectivity index (χ0) is 16.7. The molecule has 2 aromatic rings. The van der Waals surface area contributed by atoms with E-state index in [2.05, 4.69) is 15.8 Å². The smallest absolute Gasteiger partial charge is 0.318 e. The molecule has 6 heteroatoms. The van der Waals surface area contributed by atoms with Crippen molar-refractivity contribution >= 4 is 35.5 Å². The van der Waals surface area contributed by atoms with Crippen molar-refractivity contribution in [3.63, 3.8) is 0 Å². The number of nitrogens with zero attached hydrogens (tertiary/aromatic N) is 1. The molecule has 2 aromatic carbocycles. The van der Waals surface area contributed by atoms with E-state index in [1.807, 2.05) is 43.5 Å². The van der Waals surface area contributed by atoms with Crippen LogP contribution < -0.4 is 10.7 Å². The van der Waals surface area contributed by atoms with Crippen molar-refractivity contribution in [3.8, 4) is 0 Å². The molecule has 118 valence electrons. The minimum absolute atomic E-state index is 0.571. The third kappa shape index (κ3) is 5.27. The molecular weight excluding hydrogens is 310 g/mol. The molecule has 0 aromatic heterocycles. The number of nitrogens with one attached hydrogen (secondary N) is 2. The van der Waals surface area contributed by atoms with Crippen molar-refractivity contribution in [2.24, 2.45) is 5.10 Å². The fourth-order valence-corrected chi connectivity index (χ4v) is 2.23. The van der Waals surface area contributed by atoms with E-state index in [1.165, 1.54) is 6.21 Å². The third-order valence-corrected chi connectivity index (χ3v) is 3.72. The van der Waals surface area contributed by atoms with Gasteiger partial charge in [-0.15, -0.1) is 11.8 Å². The number of thioether (sulfide) groups is 1. The molecule has 0 saturated carbocycles. The van der Waals surface area contributed by atoms with E-state index in [0.29, 0.717) is 5.69 Å². The first kappa shape index (κ1) is 16.8. The van der Waals surface area contributed by atoms with Crippen LogP contribution in [0.4, 0.5) is 5.69 Å². The van der Waals surface area contributed by atoms with Crippen molar-refractivity contribution in [3.05, 3.63) is 59.7 Å². The Labute approximate surface area is 139 Å². The molecule has 0 radical (unpaired) electrons. The Morgan fingerprint density at radius 1 is 1.09 bits per heavy atom. The van der Waals surface area contributed by atoms with Gasteiger partial charge >= 0.3 is 11.8 Å². The van der Waals surface area contributed by atoms with Gasteiger partial charge in [0.05, 0.1) is 6.21 Å². The average molecular weight is 327 g/mol. The maximum absolute atomic E-state index is 11.7. The topological polar surface area (TPSA) is 70.6 Å². The van der Waals surface area contributed by atoms with Gasteiger partial charge in [0.25, 0.3) is 0 Å². The van der Waals surface area contributed by atoms with Gasteiger partial charge < -0.3 is 5.32 Å². The Kier molecular flexibility index (Phi) is 5.94. The number of hydrogen-bond donors (Lipinski definition) is 2. The summed E-state index contributed by atoms with van der Waals surface area (Å²) in [4.78, 5) is 24.6. The van der Waals surface area contributed by atoms with E-state index in [1.54, 1.807) is 30.0 Å². The molecule has 5 nitrogen and oxygen atoms in total. The largest absolute Gasteiger partial charge is 0.329 e. The van der Waals surface area contributed by atoms with Crippen LogP contribution in [0.5, 0.6) is 0 Å². The van der Waals surface area contributed by atoms with Gasteiger partial charge in [0.2, 0.25) is 0 Å². The van der Waals surface area contributed by atoms with Gasteiger partial charge in [-0.25, -0.2) is 5.43 Å². The van der Waals surface area contributed by atoms with E-state index >= 15 is 0 Å². The summed E-state index contributed by atoms with van der Waals surface area (Å²) < 4.78 is 0. The predicted octanol–water partition coefficient (Wildman–Crippen LogP) is 2.81. The van der Waals surface area contributed by atoms with Gasteiger partial charge in [0, 0.05) is 10.6 Å². The highest BCUT2D eigenvalue weighted by Crippen LogP contribution is 2.13. The minimum atomic E-state index is -0.816. The monoisotopic (exact) mass is 327 g/mol. The molecule has 0 heterocycles. The molecule has 0 bridgehead atoms. The van der Waals surface area contributed by atoms with Gasteiger partial charge in [-0.3, -0.25) is 9.59 Å². The van der Waals surface area contributed by atoms with Crippen molar-refractivity contribution in [2.45, 2.75) is 11.8 Å². The quantitative estimate of drug-likeness (QED) is 0.393. The number of benzene rings is 2. The number of hydrazone groups is 1. The summed E-state index contributed by atoms with van der Waals surface area (Å²) in [5.41, 5.74) is 4.61. The van der Waals surface area contributed by atoms with Gasteiger partial charge in [-0.2, -0.15) is 5.10 Å². The second kappa shape index (κ2) is 8.14. The maximum atomic E-state index is 11.7. The first-order valence-corrected chi connectivity index (χ1v) is 8.16. The highest BCUT2D eigenvalue weighted by atomic mass is 32.2. The molecule has 0 aliphatic heterocycles. The van der Waals surface area contributed by atoms with Gasteiger partial charge in [-0.05, 0) is 48.6 Å². The van der Waals surface area contributed by atoms with Gasteiger partial charge in [0.1, 0.15) is 0 Å². The lowest BCUT2D eigenvalue weighted by molar-refractivity contribution is -0.136. The number of rotatable bonds is 4. The van der Waals surface area contributed by atoms with E-state index in [-0.39, 0.29) is 0 Å². The molecule has 2 amide bonds. The standard InChI is InChI=1S/C17H17N3O2S/c1-12-4-3-5-14(10-12)19-16(21)17(22)20-18-11-13-6-8-15(23-2)9-7-13/h3-11H,1-2H3,(H,19,21)(H,20,22)/b18-11-. The third-order valence-electron chi connectivity index (χ3n) is 2.98. The van der Waals surface area contributed by atoms with Crippen LogP contribution in [0, 0.1) is 6.92 Å². The van der Waals surface area contributed by atoms with Crippen LogP contribution in [-0.4, -0.2) is 24.3 Å². The van der Waals surface area contributed by atoms with Crippen LogP contribution in [0.2, 0.25) is 0 Å². The van der Waals surface area contributed by atoms with E-state index < -0.39 is 11.8 Å². The van der Waals surface area contributed by atoms with E-state index in [4.69, 9.17) is 0 Å². The molecular formula is C17H17N3O2S. The number of carbonyl (C=O) groups is 2. The molecule has 0 aliphatic carbocycles. The highest BCUT2D eigenvalue weighted by molar-refractivity contribution is 7.98. The molecule has 23 heavy (non-hydrogen) atoms. The molecule has 0 spiro atoms. The Morgan fingerprint density at radius 2 is 1.83 bits per heavy atom. The lowest BCUT2D eigenvalue weighted by Crippen LogP contribution is -2.32. The van der Waals surface area contributed by atoms with Crippen LogP contribution in [0.1, 0.15) is 11.1 Å². The van der Waals surface area contributed by atoms with Crippen LogP contribution >= 0.6 is 11.8 Å². The number of anilines is 1. The second-order valence-electron chi connectivity index (χ2n) is 4.80. The predicted molar refractivity (Wildman–Crippen MR) is 93.8 cm³/mol. The summed E-state index contributed by atoms with van der Waals surface area (Å²) >= 11 is 1.64. The van der Waals surface area contributed by atoms with Crippen LogP contribution in [0.25, 0.3) is 0 Å². The summed E-state index contributed by atoms with van der Waals surface area (Å²) in [7, 11) is 0. The second-order valence-corrected chi connectivity index (χ2v) is 5.68. The normalized spacial score (nSPS) is 10.5. The van der Waals surface area contributed by atoms with Crippen molar-refractivity contribution in [2.75, 3.05) is 11.6 Å². The molecule has 0 atom stereocenters. The first-order chi connectivity index (χ1) is 11.1. The first-order valence-electron chi connectivity index (χ1n) is 6.93. The maximum Gasteiger partial charge on any atom is 0.329 e. The summed E-state index contributed by atoms with van der Waals surface area (Å²) in [5, 5.41) is 6.30. The van der Waals surface area contributed by atoms with Crippen molar-refractivity contribution in [1.29, 1.82) is 0 Å². The zero-order valence-electron chi connectivity index (χ0n) is 12.9. The molecule has 2 rings (SSSR count). The van der Waals surface area contributed by atoms with Crippen molar-refractivity contribution < 1.29 is 9.59 Å². The van der Waals surface area contributed by atoms with Crippen LogP contribution in [0.3, 0.4) is 0 Å². The van der Waals surface area contributed by atoms with E-state index in [9.17, 15) is 9.59 Å². The van der Waals surface area contributed by atoms with Gasteiger partial charge in [0.15, 0.2) is 0 Å². The SMILES string of the molecule is CSc1ccc(/C=N\NC(=O)C(=O)Nc2cccc(C)c2)cc1. The fourth-order valence-electron chi connectivity index (χ4n) is 1.82. The number of hydrogen-bond acceptors (Lipinski definition) is 4. The van der Waals surface area contributed by atoms with E-state index in [0.717, 1.165) is 16.0 Å². The lowest BCUT2D eigenvalue weighted by Gasteiger charge is -2.04. The Bertz CT molecular complexity index is 727. The van der Waals surface area contributed by atoms with Crippen LogP contribution in [0.15, 0.2) is 58.5 Å².